The summed E-state index contributed by atoms with van der Waals surface area (Å²) in [5, 5.41) is 0. The number of nitrogens with zero attached hydrogens (tertiary/aromatic N) is 3. The molecule has 0 bridgehead atoms. The molecule has 23 heavy (non-hydrogen) atoms. The number of aryl methyl sites for hydroxylation is 2. The van der Waals surface area contributed by atoms with Gasteiger partial charge in [-0.25, -0.2) is 9.97 Å². The lowest BCUT2D eigenvalue weighted by Gasteiger charge is -2.30. The molecule has 2 heterocycles. The number of hydrogen-bond donors (Lipinski definition) is 0. The summed E-state index contributed by atoms with van der Waals surface area (Å²) in [5.41, 5.74) is 2.16. The predicted octanol–water partition coefficient (Wildman–Crippen LogP) is 2.92. The second-order valence-corrected chi connectivity index (χ2v) is 6.00. The number of hydrogen-bond acceptors (Lipinski definition) is 5. The van der Waals surface area contributed by atoms with Crippen LogP contribution in [0.2, 0.25) is 0 Å². The summed E-state index contributed by atoms with van der Waals surface area (Å²) in [6, 6.07) is 7.66. The van der Waals surface area contributed by atoms with Gasteiger partial charge in [0.2, 0.25) is 5.95 Å². The van der Waals surface area contributed by atoms with E-state index in [1.54, 1.807) is 18.5 Å². The van der Waals surface area contributed by atoms with Gasteiger partial charge in [-0.15, -0.1) is 0 Å². The fourth-order valence-electron chi connectivity index (χ4n) is 2.88. The van der Waals surface area contributed by atoms with E-state index in [4.69, 9.17) is 4.74 Å². The molecular weight excluding hydrogens is 290 g/mol. The van der Waals surface area contributed by atoms with Gasteiger partial charge in [0.15, 0.2) is 0 Å². The van der Waals surface area contributed by atoms with Crippen molar-refractivity contribution < 1.29 is 9.53 Å². The first-order valence-corrected chi connectivity index (χ1v) is 7.94. The Morgan fingerprint density at radius 2 is 1.87 bits per heavy atom. The molecule has 3 rings (SSSR count). The third-order valence-corrected chi connectivity index (χ3v) is 4.20. The topological polar surface area (TPSA) is 55.3 Å². The molecule has 120 valence electrons. The summed E-state index contributed by atoms with van der Waals surface area (Å²) in [4.78, 5) is 23.0. The average molecular weight is 311 g/mol. The maximum Gasteiger partial charge on any atom is 0.314 e. The smallest absolute Gasteiger partial charge is 0.314 e. The quantitative estimate of drug-likeness (QED) is 0.644. The Balaban J connectivity index is 1.58. The summed E-state index contributed by atoms with van der Waals surface area (Å²) < 4.78 is 5.59. The zero-order valence-corrected chi connectivity index (χ0v) is 13.5. The molecule has 1 fully saturated rings. The molecule has 1 aliphatic rings. The number of aromatic nitrogens is 2. The van der Waals surface area contributed by atoms with Gasteiger partial charge >= 0.3 is 5.97 Å². The predicted molar refractivity (Wildman–Crippen MR) is 88.5 cm³/mol. The highest BCUT2D eigenvalue weighted by Crippen LogP contribution is 2.24. The molecule has 0 unspecified atom stereocenters. The van der Waals surface area contributed by atoms with Crippen LogP contribution in [0.15, 0.2) is 36.7 Å². The zero-order valence-electron chi connectivity index (χ0n) is 13.5. The molecule has 0 N–H and O–H groups in total. The Kier molecular flexibility index (Phi) is 4.55. The number of ether oxygens (including phenoxy) is 1. The minimum atomic E-state index is -0.134. The summed E-state index contributed by atoms with van der Waals surface area (Å²) in [5.74, 6) is 1.20. The lowest BCUT2D eigenvalue weighted by atomic mass is 9.97. The molecule has 1 aliphatic heterocycles. The van der Waals surface area contributed by atoms with Crippen LogP contribution in [0.1, 0.15) is 24.0 Å². The molecule has 5 heteroatoms. The van der Waals surface area contributed by atoms with E-state index in [0.717, 1.165) is 37.4 Å². The number of benzene rings is 1. The number of rotatable bonds is 3. The maximum atomic E-state index is 12.4. The Hall–Kier alpha value is -2.43. The van der Waals surface area contributed by atoms with E-state index in [1.807, 2.05) is 32.0 Å². The van der Waals surface area contributed by atoms with Gasteiger partial charge in [0.05, 0.1) is 5.92 Å². The molecular formula is C18H21N3O2. The number of esters is 1. The molecule has 0 spiro atoms. The first kappa shape index (κ1) is 15.5. The lowest BCUT2D eigenvalue weighted by Crippen LogP contribution is -2.38. The van der Waals surface area contributed by atoms with E-state index in [2.05, 4.69) is 14.9 Å². The number of carbonyl (C=O) groups excluding carboxylic acids is 1. The number of anilines is 1. The van der Waals surface area contributed by atoms with Crippen LogP contribution < -0.4 is 9.64 Å². The van der Waals surface area contributed by atoms with Crippen LogP contribution in [0.25, 0.3) is 0 Å². The summed E-state index contributed by atoms with van der Waals surface area (Å²) in [6.07, 6.45) is 5.01. The number of piperidine rings is 1. The summed E-state index contributed by atoms with van der Waals surface area (Å²) in [6.45, 7) is 5.54. The molecule has 0 saturated carbocycles. The van der Waals surface area contributed by atoms with Gasteiger partial charge in [0, 0.05) is 25.5 Å². The van der Waals surface area contributed by atoms with Crippen LogP contribution in [0, 0.1) is 19.8 Å². The van der Waals surface area contributed by atoms with Crippen LogP contribution in [0.4, 0.5) is 5.95 Å². The first-order valence-electron chi connectivity index (χ1n) is 7.94. The SMILES string of the molecule is Cc1ccc(OC(=O)C2CCN(c3ncccn3)CC2)c(C)c1. The standard InChI is InChI=1S/C18H21N3O2/c1-13-4-5-16(14(2)12-13)23-17(22)15-6-10-21(11-7-15)18-19-8-3-9-20-18/h3-5,8-9,12,15H,6-7,10-11H2,1-2H3. The summed E-state index contributed by atoms with van der Waals surface area (Å²) in [7, 11) is 0. The third-order valence-electron chi connectivity index (χ3n) is 4.20. The highest BCUT2D eigenvalue weighted by atomic mass is 16.5. The Bertz CT molecular complexity index is 680. The largest absolute Gasteiger partial charge is 0.426 e. The van der Waals surface area contributed by atoms with E-state index in [0.29, 0.717) is 5.75 Å². The molecule has 1 saturated heterocycles. The van der Waals surface area contributed by atoms with Crippen molar-refractivity contribution in [3.05, 3.63) is 47.8 Å². The Morgan fingerprint density at radius 1 is 1.17 bits per heavy atom. The minimum Gasteiger partial charge on any atom is -0.426 e. The maximum absolute atomic E-state index is 12.4. The molecule has 0 aliphatic carbocycles. The van der Waals surface area contributed by atoms with Crippen molar-refractivity contribution in [2.75, 3.05) is 18.0 Å². The normalized spacial score (nSPS) is 15.5. The highest BCUT2D eigenvalue weighted by molar-refractivity contribution is 5.75. The van der Waals surface area contributed by atoms with Gasteiger partial charge in [-0.05, 0) is 44.4 Å². The van der Waals surface area contributed by atoms with Crippen molar-refractivity contribution in [3.63, 3.8) is 0 Å². The zero-order chi connectivity index (χ0) is 16.2. The van der Waals surface area contributed by atoms with E-state index in [-0.39, 0.29) is 11.9 Å². The molecule has 5 nitrogen and oxygen atoms in total. The van der Waals surface area contributed by atoms with Gasteiger partial charge < -0.3 is 9.64 Å². The second kappa shape index (κ2) is 6.77. The Labute approximate surface area is 136 Å². The van der Waals surface area contributed by atoms with E-state index < -0.39 is 0 Å². The minimum absolute atomic E-state index is 0.0596. The molecule has 0 radical (unpaired) electrons. The summed E-state index contributed by atoms with van der Waals surface area (Å²) >= 11 is 0. The van der Waals surface area contributed by atoms with Gasteiger partial charge in [-0.1, -0.05) is 17.7 Å². The monoisotopic (exact) mass is 311 g/mol. The second-order valence-electron chi connectivity index (χ2n) is 6.00. The molecule has 1 aromatic carbocycles. The fourth-order valence-corrected chi connectivity index (χ4v) is 2.88. The van der Waals surface area contributed by atoms with E-state index in [1.165, 1.54) is 5.56 Å². The molecule has 1 aromatic heterocycles. The Morgan fingerprint density at radius 3 is 2.52 bits per heavy atom. The van der Waals surface area contributed by atoms with Crippen molar-refractivity contribution >= 4 is 11.9 Å². The molecule has 0 atom stereocenters. The van der Waals surface area contributed by atoms with Crippen molar-refractivity contribution in [1.82, 2.24) is 9.97 Å². The van der Waals surface area contributed by atoms with Crippen molar-refractivity contribution in [2.24, 2.45) is 5.92 Å². The first-order chi connectivity index (χ1) is 11.1. The van der Waals surface area contributed by atoms with Crippen molar-refractivity contribution in [2.45, 2.75) is 26.7 Å². The molecule has 2 aromatic rings. The van der Waals surface area contributed by atoms with E-state index >= 15 is 0 Å². The van der Waals surface area contributed by atoms with Crippen LogP contribution in [-0.2, 0) is 4.79 Å². The van der Waals surface area contributed by atoms with E-state index in [9.17, 15) is 4.79 Å². The van der Waals surface area contributed by atoms with Gasteiger partial charge in [0.1, 0.15) is 5.75 Å². The molecule has 0 amide bonds. The third kappa shape index (κ3) is 3.67. The van der Waals surface area contributed by atoms with Crippen molar-refractivity contribution in [3.8, 4) is 5.75 Å². The van der Waals surface area contributed by atoms with Gasteiger partial charge in [-0.2, -0.15) is 0 Å². The fraction of sp³-hybridized carbons (Fsp3) is 0.389. The van der Waals surface area contributed by atoms with Crippen LogP contribution in [0.3, 0.4) is 0 Å². The van der Waals surface area contributed by atoms with Crippen LogP contribution in [0.5, 0.6) is 5.75 Å². The average Bonchev–Trinajstić information content (AvgIpc) is 2.58. The van der Waals surface area contributed by atoms with Gasteiger partial charge in [-0.3, -0.25) is 4.79 Å². The highest BCUT2D eigenvalue weighted by Gasteiger charge is 2.27. The van der Waals surface area contributed by atoms with Crippen LogP contribution in [-0.4, -0.2) is 29.0 Å². The van der Waals surface area contributed by atoms with Crippen LogP contribution >= 0.6 is 0 Å². The number of carbonyl (C=O) groups is 1. The van der Waals surface area contributed by atoms with Crippen molar-refractivity contribution in [1.29, 1.82) is 0 Å². The van der Waals surface area contributed by atoms with Gasteiger partial charge in [0.25, 0.3) is 0 Å². The lowest BCUT2D eigenvalue weighted by molar-refractivity contribution is -0.139.